The Balaban J connectivity index is 1.10. The van der Waals surface area contributed by atoms with Crippen molar-refractivity contribution >= 4 is 58.6 Å². The zero-order valence-corrected chi connectivity index (χ0v) is 59.6. The Hall–Kier alpha value is -6.64. The number of hydrogen-bond donors (Lipinski definition) is 5. The summed E-state index contributed by atoms with van der Waals surface area (Å²) in [6, 6.07) is 5.01. The number of para-hydroxylation sites is 1. The third-order valence-electron chi connectivity index (χ3n) is 18.7. The normalized spacial score (nSPS) is 18.9. The predicted octanol–water partition coefficient (Wildman–Crippen LogP) is 6.63. The molecule has 1 aliphatic carbocycles. The zero-order chi connectivity index (χ0) is 70.5. The summed E-state index contributed by atoms with van der Waals surface area (Å²) in [6.45, 7) is 23.0. The number of ether oxygens (including phenoxy) is 6. The number of carbonyl (C=O) groups is 8. The number of nitrogens with two attached hydrogens (primary N) is 1. The van der Waals surface area contributed by atoms with Crippen LogP contribution < -0.4 is 26.6 Å². The molecule has 2 heterocycles. The van der Waals surface area contributed by atoms with Crippen LogP contribution in [0, 0.1) is 35.1 Å². The summed E-state index contributed by atoms with van der Waals surface area (Å²) in [5.41, 5.74) is 18.6. The maximum Gasteiger partial charge on any atom is 0.245 e. The Morgan fingerprint density at radius 1 is 0.768 bits per heavy atom. The van der Waals surface area contributed by atoms with Crippen LogP contribution in [-0.2, 0) is 66.8 Å². The van der Waals surface area contributed by atoms with E-state index in [2.05, 4.69) is 47.9 Å². The Morgan fingerprint density at radius 3 is 1.99 bits per heavy atom. The molecule has 534 valence electrons. The average Bonchev–Trinajstić information content (AvgIpc) is 1.20. The van der Waals surface area contributed by atoms with Gasteiger partial charge >= 0.3 is 0 Å². The molecule has 6 N–H and O–H groups in total. The molecule has 3 aliphatic rings. The second-order valence-corrected chi connectivity index (χ2v) is 26.1. The van der Waals surface area contributed by atoms with Gasteiger partial charge in [-0.2, -0.15) is 5.11 Å². The molecule has 8 amide bonds. The fourth-order valence-electron chi connectivity index (χ4n) is 12.6. The molecular weight excluding hydrogens is 1220 g/mol. The molecule has 25 nitrogen and oxygen atoms in total. The van der Waals surface area contributed by atoms with Gasteiger partial charge in [0.2, 0.25) is 47.3 Å². The molecule has 0 radical (unpaired) electrons. The number of amides is 8. The lowest BCUT2D eigenvalue weighted by Gasteiger charge is -2.41. The lowest BCUT2D eigenvalue weighted by atomic mass is 9.84. The van der Waals surface area contributed by atoms with E-state index in [0.29, 0.717) is 71.2 Å². The van der Waals surface area contributed by atoms with Crippen LogP contribution in [-0.4, -0.2) is 224 Å². The number of likely N-dealkylation sites (tertiary alicyclic amines) is 1. The highest BCUT2D eigenvalue weighted by Crippen LogP contribution is 2.40. The summed E-state index contributed by atoms with van der Waals surface area (Å²) in [6.07, 6.45) is 7.17. The SMILES string of the molecule is CCC(C)C(C(CC(=O)N1CCCC1C(OC)C(C)C(N)=O)OC)N(C)C(=O)[C@@H](NC(=O)C(C(C)C)N(C)C(=O)CCCC(=O)N(C)CCOCCOCCOCCOCCC(=O)NCCC(=O)N1CC2=C(C=CCC2C)/C(N=N)=C(/N[C@@H](C)CC)c2ccccc21)C(C)C. The molecule has 1 aromatic carbocycles. The van der Waals surface area contributed by atoms with Gasteiger partial charge in [-0.15, -0.1) is 0 Å². The highest BCUT2D eigenvalue weighted by Gasteiger charge is 2.43. The Bertz CT molecular complexity index is 2780. The summed E-state index contributed by atoms with van der Waals surface area (Å²) >= 11 is 0. The number of anilines is 1. The Morgan fingerprint density at radius 2 is 1.40 bits per heavy atom. The van der Waals surface area contributed by atoms with Gasteiger partial charge < -0.3 is 74.6 Å². The number of benzene rings is 1. The zero-order valence-electron chi connectivity index (χ0n) is 59.6. The molecule has 1 aromatic rings. The predicted molar refractivity (Wildman–Crippen MR) is 364 cm³/mol. The second-order valence-electron chi connectivity index (χ2n) is 26.1. The van der Waals surface area contributed by atoms with Crippen molar-refractivity contribution in [1.29, 1.82) is 5.53 Å². The van der Waals surface area contributed by atoms with Crippen molar-refractivity contribution in [2.75, 3.05) is 119 Å². The molecule has 8 unspecified atom stereocenters. The first-order chi connectivity index (χ1) is 45.3. The van der Waals surface area contributed by atoms with Gasteiger partial charge in [0, 0.05) is 104 Å². The van der Waals surface area contributed by atoms with E-state index >= 15 is 0 Å². The van der Waals surface area contributed by atoms with Crippen molar-refractivity contribution in [2.24, 2.45) is 40.4 Å². The lowest BCUT2D eigenvalue weighted by molar-refractivity contribution is -0.148. The number of allylic oxidation sites excluding steroid dienone is 2. The number of hydrogen-bond acceptors (Lipinski definition) is 17. The van der Waals surface area contributed by atoms with Crippen molar-refractivity contribution in [2.45, 2.75) is 182 Å². The molecule has 0 saturated carbocycles. The number of fused-ring (bicyclic) bond motifs is 1. The van der Waals surface area contributed by atoms with Gasteiger partial charge in [-0.3, -0.25) is 38.4 Å². The third kappa shape index (κ3) is 23.9. The summed E-state index contributed by atoms with van der Waals surface area (Å²) in [5.74, 6) is -3.61. The van der Waals surface area contributed by atoms with E-state index in [1.807, 2.05) is 71.9 Å². The van der Waals surface area contributed by atoms with Crippen LogP contribution >= 0.6 is 0 Å². The van der Waals surface area contributed by atoms with E-state index < -0.39 is 48.1 Å². The minimum absolute atomic E-state index is 0.0263. The van der Waals surface area contributed by atoms with Gasteiger partial charge in [0.15, 0.2) is 0 Å². The summed E-state index contributed by atoms with van der Waals surface area (Å²) < 4.78 is 34.2. The van der Waals surface area contributed by atoms with Gasteiger partial charge in [-0.1, -0.05) is 99.1 Å². The molecule has 2 aliphatic heterocycles. The maximum absolute atomic E-state index is 14.6. The quantitative estimate of drug-likeness (QED) is 0.0338. The molecule has 10 atom stereocenters. The molecule has 1 saturated heterocycles. The standard InChI is InChI=1S/C70H115N11O14/c1-16-47(7)66(56(90-14)43-61(86)80-33-22-27-55(80)67(91-15)50(10)68(71)87)79(13)70(89)62(45(3)4)75-69(88)65(46(5)6)78(12)59(84)29-21-28-58(83)77(11)34-36-93-38-40-95-42-41-94-39-37-92-35-31-57(82)73-32-30-60(85)81-44-53-48(8)23-20-25-51(53)64(76-72)63(74-49(9)17-2)52-24-18-19-26-54(52)81/h18-20,24-26,45-50,55-56,62,65-67,72,74H,16-17,21-23,27-44H2,1-15H3,(H2,71,87)(H,73,82)(H,75,88)/b64-63-,76-72?/t47?,48?,49-,50?,55?,56?,62-,65?,66?,67?/m0/s1. The van der Waals surface area contributed by atoms with Gasteiger partial charge in [0.05, 0.1) is 101 Å². The fourth-order valence-corrected chi connectivity index (χ4v) is 12.6. The summed E-state index contributed by atoms with van der Waals surface area (Å²) in [7, 11) is 7.93. The number of rotatable bonds is 43. The first-order valence-corrected chi connectivity index (χ1v) is 34.3. The number of likely N-dealkylation sites (N-methyl/N-ethyl adjacent to an activating group) is 3. The van der Waals surface area contributed by atoms with E-state index in [1.165, 1.54) is 19.1 Å². The number of carbonyl (C=O) groups excluding carboxylic acids is 8. The van der Waals surface area contributed by atoms with Crippen LogP contribution in [0.3, 0.4) is 0 Å². The minimum Gasteiger partial charge on any atom is -0.380 e. The number of primary amides is 1. The molecule has 0 bridgehead atoms. The van der Waals surface area contributed by atoms with Crippen molar-refractivity contribution < 1.29 is 66.8 Å². The second kappa shape index (κ2) is 41.5. The van der Waals surface area contributed by atoms with Crippen molar-refractivity contribution in [3.8, 4) is 0 Å². The van der Waals surface area contributed by atoms with Crippen LogP contribution in [0.15, 0.2) is 58.4 Å². The highest BCUT2D eigenvalue weighted by atomic mass is 16.6. The third-order valence-corrected chi connectivity index (χ3v) is 18.7. The molecule has 95 heavy (non-hydrogen) atoms. The molecule has 4 rings (SSSR count). The monoisotopic (exact) mass is 1330 g/mol. The maximum atomic E-state index is 14.6. The van der Waals surface area contributed by atoms with Crippen LogP contribution in [0.2, 0.25) is 0 Å². The van der Waals surface area contributed by atoms with Gasteiger partial charge in [0.1, 0.15) is 17.8 Å². The topological polar surface area (TPSA) is 306 Å². The van der Waals surface area contributed by atoms with Gasteiger partial charge in [0.25, 0.3) is 0 Å². The summed E-state index contributed by atoms with van der Waals surface area (Å²) in [5, 5.41) is 13.5. The van der Waals surface area contributed by atoms with Crippen molar-refractivity contribution in [3.63, 3.8) is 0 Å². The van der Waals surface area contributed by atoms with Crippen LogP contribution in [0.1, 0.15) is 145 Å². The first-order valence-electron chi connectivity index (χ1n) is 34.3. The van der Waals surface area contributed by atoms with E-state index in [0.717, 1.165) is 47.4 Å². The summed E-state index contributed by atoms with van der Waals surface area (Å²) in [4.78, 5) is 117. The van der Waals surface area contributed by atoms with Crippen molar-refractivity contribution in [1.82, 2.24) is 35.6 Å². The average molecular weight is 1330 g/mol. The molecule has 1 fully saturated rings. The molecular formula is C70H115N11O14. The van der Waals surface area contributed by atoms with E-state index in [9.17, 15) is 38.4 Å². The number of nitrogens with zero attached hydrogens (tertiary/aromatic N) is 6. The minimum atomic E-state index is -0.970. The van der Waals surface area contributed by atoms with Crippen LogP contribution in [0.25, 0.3) is 5.70 Å². The van der Waals surface area contributed by atoms with E-state index in [-0.39, 0.29) is 136 Å². The van der Waals surface area contributed by atoms with E-state index in [4.69, 9.17) is 39.7 Å². The van der Waals surface area contributed by atoms with Gasteiger partial charge in [-0.25, -0.2) is 5.53 Å². The molecule has 0 aromatic heterocycles. The smallest absolute Gasteiger partial charge is 0.245 e. The first kappa shape index (κ1) is 80.8. The lowest BCUT2D eigenvalue weighted by Crippen LogP contribution is -2.60. The number of nitrogens with one attached hydrogen (secondary N) is 4. The number of methoxy groups -OCH3 is 2. The van der Waals surface area contributed by atoms with Gasteiger partial charge in [-0.05, 0) is 74.3 Å². The molecule has 25 heteroatoms. The largest absolute Gasteiger partial charge is 0.380 e. The molecule has 0 spiro atoms. The van der Waals surface area contributed by atoms with Crippen molar-refractivity contribution in [3.05, 3.63) is 58.8 Å². The Labute approximate surface area is 565 Å². The van der Waals surface area contributed by atoms with Crippen LogP contribution in [0.4, 0.5) is 5.69 Å². The highest BCUT2D eigenvalue weighted by molar-refractivity contribution is 5.98. The van der Waals surface area contributed by atoms with E-state index in [1.54, 1.807) is 47.7 Å². The fraction of sp³-hybridized carbons (Fsp3) is 0.714. The Kier molecular flexibility index (Phi) is 35.3. The van der Waals surface area contributed by atoms with Crippen LogP contribution in [0.5, 0.6) is 0 Å².